The summed E-state index contributed by atoms with van der Waals surface area (Å²) in [5.41, 5.74) is 2.67. The van der Waals surface area contributed by atoms with E-state index in [1.807, 2.05) is 43.0 Å². The molecule has 0 aliphatic carbocycles. The highest BCUT2D eigenvalue weighted by atomic mass is 16.5. The van der Waals surface area contributed by atoms with Crippen LogP contribution in [0.2, 0.25) is 0 Å². The lowest BCUT2D eigenvalue weighted by Gasteiger charge is -2.35. The molecule has 28 heavy (non-hydrogen) atoms. The second-order valence-electron chi connectivity index (χ2n) is 6.77. The molecule has 1 saturated heterocycles. The van der Waals surface area contributed by atoms with Gasteiger partial charge in [-0.3, -0.25) is 0 Å². The Morgan fingerprint density at radius 1 is 1.18 bits per heavy atom. The van der Waals surface area contributed by atoms with Gasteiger partial charge in [-0.2, -0.15) is 0 Å². The molecule has 3 heterocycles. The van der Waals surface area contributed by atoms with Gasteiger partial charge in [-0.1, -0.05) is 0 Å². The van der Waals surface area contributed by atoms with Gasteiger partial charge in [0.2, 0.25) is 0 Å². The summed E-state index contributed by atoms with van der Waals surface area (Å²) in [6, 6.07) is 9.40. The number of ether oxygens (including phenoxy) is 1. The van der Waals surface area contributed by atoms with Gasteiger partial charge in [0.15, 0.2) is 0 Å². The van der Waals surface area contributed by atoms with Gasteiger partial charge < -0.3 is 24.8 Å². The molecule has 8 nitrogen and oxygen atoms in total. The third-order valence-corrected chi connectivity index (χ3v) is 4.82. The molecule has 0 radical (unpaired) electrons. The summed E-state index contributed by atoms with van der Waals surface area (Å²) in [6.45, 7) is 7.31. The van der Waals surface area contributed by atoms with Crippen LogP contribution in [0, 0.1) is 6.92 Å². The number of aromatic nitrogens is 3. The minimum Gasteiger partial charge on any atom is -0.494 e. The van der Waals surface area contributed by atoms with E-state index in [-0.39, 0.29) is 6.03 Å². The number of hydrogen-bond acceptors (Lipinski definition) is 5. The first kappa shape index (κ1) is 18.1. The van der Waals surface area contributed by atoms with Crippen molar-refractivity contribution in [3.63, 3.8) is 0 Å². The summed E-state index contributed by atoms with van der Waals surface area (Å²) in [7, 11) is 0. The van der Waals surface area contributed by atoms with Crippen molar-refractivity contribution in [1.29, 1.82) is 0 Å². The van der Waals surface area contributed by atoms with Gasteiger partial charge >= 0.3 is 6.03 Å². The van der Waals surface area contributed by atoms with Crippen molar-refractivity contribution in [2.24, 2.45) is 0 Å². The molecule has 2 aromatic heterocycles. The molecule has 8 heteroatoms. The monoisotopic (exact) mass is 380 g/mol. The smallest absolute Gasteiger partial charge is 0.321 e. The lowest BCUT2D eigenvalue weighted by molar-refractivity contribution is 0.208. The van der Waals surface area contributed by atoms with Gasteiger partial charge in [0.25, 0.3) is 0 Å². The van der Waals surface area contributed by atoms with Gasteiger partial charge in [0, 0.05) is 37.6 Å². The number of H-pyrrole nitrogens is 1. The number of nitrogens with one attached hydrogen (secondary N) is 2. The highest BCUT2D eigenvalue weighted by Gasteiger charge is 2.23. The van der Waals surface area contributed by atoms with E-state index in [2.05, 4.69) is 31.2 Å². The molecule has 0 bridgehead atoms. The summed E-state index contributed by atoms with van der Waals surface area (Å²) in [4.78, 5) is 28.6. The maximum Gasteiger partial charge on any atom is 0.321 e. The van der Waals surface area contributed by atoms with Gasteiger partial charge in [0.1, 0.15) is 23.5 Å². The Bertz CT molecular complexity index is 960. The Morgan fingerprint density at radius 2 is 1.93 bits per heavy atom. The predicted molar refractivity (Wildman–Crippen MR) is 109 cm³/mol. The average molecular weight is 380 g/mol. The zero-order valence-corrected chi connectivity index (χ0v) is 16.1. The molecule has 1 aliphatic rings. The van der Waals surface area contributed by atoms with E-state index in [4.69, 9.17) is 4.74 Å². The number of rotatable bonds is 4. The molecule has 146 valence electrons. The fourth-order valence-electron chi connectivity index (χ4n) is 3.44. The van der Waals surface area contributed by atoms with Crippen LogP contribution in [0.25, 0.3) is 11.0 Å². The van der Waals surface area contributed by atoms with Crippen molar-refractivity contribution >= 4 is 28.6 Å². The number of fused-ring (bicyclic) bond motifs is 1. The second kappa shape index (κ2) is 7.75. The standard InChI is InChI=1S/C20H24N6O2/c1-3-28-16-6-4-15(5-7-16)24-20(27)26-10-8-25(9-11-26)19-17-12-14(2)23-18(17)21-13-22-19/h4-7,12-13H,3,8-11H2,1-2H3,(H,24,27)(H,21,22,23). The molecule has 0 saturated carbocycles. The zero-order chi connectivity index (χ0) is 19.5. The van der Waals surface area contributed by atoms with Gasteiger partial charge in [0.05, 0.1) is 12.0 Å². The molecule has 0 unspecified atom stereocenters. The van der Waals surface area contributed by atoms with Crippen molar-refractivity contribution in [3.8, 4) is 5.75 Å². The number of carbonyl (C=O) groups excluding carboxylic acids is 1. The van der Waals surface area contributed by atoms with E-state index < -0.39 is 0 Å². The first-order valence-corrected chi connectivity index (χ1v) is 9.48. The van der Waals surface area contributed by atoms with Crippen LogP contribution in [-0.4, -0.2) is 58.7 Å². The molecule has 2 N–H and O–H groups in total. The van der Waals surface area contributed by atoms with Crippen LogP contribution in [0.15, 0.2) is 36.7 Å². The number of nitrogens with zero attached hydrogens (tertiary/aromatic N) is 4. The van der Waals surface area contributed by atoms with Crippen LogP contribution in [-0.2, 0) is 0 Å². The van der Waals surface area contributed by atoms with Crippen LogP contribution in [0.1, 0.15) is 12.6 Å². The van der Waals surface area contributed by atoms with E-state index in [1.165, 1.54) is 0 Å². The van der Waals surface area contributed by atoms with Crippen LogP contribution in [0.3, 0.4) is 0 Å². The summed E-state index contributed by atoms with van der Waals surface area (Å²) in [5, 5.41) is 3.97. The number of aromatic amines is 1. The number of amides is 2. The maximum absolute atomic E-state index is 12.6. The minimum atomic E-state index is -0.0888. The molecule has 4 rings (SSSR count). The van der Waals surface area contributed by atoms with Crippen molar-refractivity contribution in [2.75, 3.05) is 43.0 Å². The van der Waals surface area contributed by atoms with Gasteiger partial charge in [-0.15, -0.1) is 0 Å². The Hall–Kier alpha value is -3.29. The number of aryl methyl sites for hydroxylation is 1. The largest absolute Gasteiger partial charge is 0.494 e. The fraction of sp³-hybridized carbons (Fsp3) is 0.350. The SMILES string of the molecule is CCOc1ccc(NC(=O)N2CCN(c3ncnc4[nH]c(C)cc34)CC2)cc1. The second-order valence-corrected chi connectivity index (χ2v) is 6.77. The van der Waals surface area contributed by atoms with Crippen molar-refractivity contribution in [1.82, 2.24) is 19.9 Å². The van der Waals surface area contributed by atoms with Crippen molar-refractivity contribution < 1.29 is 9.53 Å². The third-order valence-electron chi connectivity index (χ3n) is 4.82. The first-order chi connectivity index (χ1) is 13.6. The Kier molecular flexibility index (Phi) is 5.01. The highest BCUT2D eigenvalue weighted by Crippen LogP contribution is 2.24. The van der Waals surface area contributed by atoms with Gasteiger partial charge in [-0.25, -0.2) is 14.8 Å². The summed E-state index contributed by atoms with van der Waals surface area (Å²) >= 11 is 0. The molecule has 0 spiro atoms. The zero-order valence-electron chi connectivity index (χ0n) is 16.1. The van der Waals surface area contributed by atoms with E-state index in [0.29, 0.717) is 19.7 Å². The van der Waals surface area contributed by atoms with E-state index in [0.717, 1.165) is 47.1 Å². The van der Waals surface area contributed by atoms with Crippen LogP contribution < -0.4 is 15.0 Å². The summed E-state index contributed by atoms with van der Waals surface area (Å²) in [5.74, 6) is 1.71. The topological polar surface area (TPSA) is 86.4 Å². The van der Waals surface area contributed by atoms with Crippen molar-refractivity contribution in [2.45, 2.75) is 13.8 Å². The van der Waals surface area contributed by atoms with Gasteiger partial charge in [-0.05, 0) is 44.2 Å². The highest BCUT2D eigenvalue weighted by molar-refractivity contribution is 5.90. The fourth-order valence-corrected chi connectivity index (χ4v) is 3.44. The maximum atomic E-state index is 12.6. The van der Waals surface area contributed by atoms with E-state index in [9.17, 15) is 4.79 Å². The molecule has 3 aromatic rings. The first-order valence-electron chi connectivity index (χ1n) is 9.48. The van der Waals surface area contributed by atoms with Crippen LogP contribution in [0.5, 0.6) is 5.75 Å². The number of anilines is 2. The third kappa shape index (κ3) is 3.71. The van der Waals surface area contributed by atoms with Crippen molar-refractivity contribution in [3.05, 3.63) is 42.4 Å². The number of carbonyl (C=O) groups is 1. The normalized spacial score (nSPS) is 14.4. The average Bonchev–Trinajstić information content (AvgIpc) is 3.10. The van der Waals surface area contributed by atoms with E-state index >= 15 is 0 Å². The lowest BCUT2D eigenvalue weighted by Crippen LogP contribution is -2.50. The molecule has 1 aromatic carbocycles. The van der Waals surface area contributed by atoms with Crippen LogP contribution in [0.4, 0.5) is 16.3 Å². The number of benzene rings is 1. The molecular weight excluding hydrogens is 356 g/mol. The molecule has 1 aliphatic heterocycles. The lowest BCUT2D eigenvalue weighted by atomic mass is 10.2. The summed E-state index contributed by atoms with van der Waals surface area (Å²) in [6.07, 6.45) is 1.58. The minimum absolute atomic E-state index is 0.0888. The van der Waals surface area contributed by atoms with E-state index in [1.54, 1.807) is 6.33 Å². The molecule has 0 atom stereocenters. The molecular formula is C20H24N6O2. The number of urea groups is 1. The molecule has 2 amide bonds. The summed E-state index contributed by atoms with van der Waals surface area (Å²) < 4.78 is 5.43. The Balaban J connectivity index is 1.37. The quantitative estimate of drug-likeness (QED) is 0.727. The van der Waals surface area contributed by atoms with Crippen LogP contribution >= 0.6 is 0 Å². The Labute approximate surface area is 163 Å². The number of hydrogen-bond donors (Lipinski definition) is 2. The molecule has 1 fully saturated rings. The Morgan fingerprint density at radius 3 is 2.64 bits per heavy atom. The number of piperazine rings is 1. The predicted octanol–water partition coefficient (Wildman–Crippen LogP) is 3.02.